The molecule has 1 amide bonds. The van der Waals surface area contributed by atoms with Crippen LogP contribution >= 0.6 is 11.3 Å². The molecule has 2 aromatic heterocycles. The Labute approximate surface area is 154 Å². The maximum absolute atomic E-state index is 12.8. The van der Waals surface area contributed by atoms with Crippen LogP contribution in [0, 0.1) is 6.92 Å². The van der Waals surface area contributed by atoms with Crippen molar-refractivity contribution in [2.24, 2.45) is 0 Å². The number of nitrogens with zero attached hydrogens (tertiary/aromatic N) is 6. The number of aryl methyl sites for hydroxylation is 1. The number of aromatic nitrogens is 5. The molecule has 1 atom stereocenters. The third-order valence-corrected chi connectivity index (χ3v) is 5.20. The molecule has 26 heavy (non-hydrogen) atoms. The first-order chi connectivity index (χ1) is 12.7. The molecule has 0 bridgehead atoms. The number of carbonyl (C=O) groups excluding carboxylic acids is 1. The summed E-state index contributed by atoms with van der Waals surface area (Å²) in [5.74, 6) is 0.440. The van der Waals surface area contributed by atoms with Crippen LogP contribution in [0.1, 0.15) is 16.7 Å². The fourth-order valence-electron chi connectivity index (χ4n) is 2.86. The highest BCUT2D eigenvalue weighted by Crippen LogP contribution is 2.27. The van der Waals surface area contributed by atoms with Gasteiger partial charge < -0.3 is 9.64 Å². The Morgan fingerprint density at radius 2 is 2.19 bits per heavy atom. The monoisotopic (exact) mass is 370 g/mol. The molecule has 1 aliphatic heterocycles. The highest BCUT2D eigenvalue weighted by Gasteiger charge is 2.31. The van der Waals surface area contributed by atoms with Gasteiger partial charge in [-0.15, -0.1) is 21.5 Å². The standard InChI is InChI=1S/C17H18N6O2S/c1-12-11-26-17(18-12)14-10-25-8-7-22(14)15(24)9-23-20-16(19-21-23)13-5-3-2-4-6-13/h2-6,11,14H,7-10H2,1H3. The Kier molecular flexibility index (Phi) is 4.72. The normalized spacial score (nSPS) is 17.4. The largest absolute Gasteiger partial charge is 0.377 e. The van der Waals surface area contributed by atoms with Crippen molar-refractivity contribution in [2.45, 2.75) is 19.5 Å². The van der Waals surface area contributed by atoms with Crippen LogP contribution in [0.25, 0.3) is 11.4 Å². The molecule has 0 radical (unpaired) electrons. The lowest BCUT2D eigenvalue weighted by Crippen LogP contribution is -2.45. The van der Waals surface area contributed by atoms with E-state index >= 15 is 0 Å². The van der Waals surface area contributed by atoms with E-state index in [1.54, 1.807) is 16.2 Å². The number of morpholine rings is 1. The number of hydrogen-bond donors (Lipinski definition) is 0. The molecule has 0 aliphatic carbocycles. The van der Waals surface area contributed by atoms with Crippen molar-refractivity contribution in [3.8, 4) is 11.4 Å². The van der Waals surface area contributed by atoms with Gasteiger partial charge in [0.25, 0.3) is 0 Å². The minimum atomic E-state index is -0.160. The van der Waals surface area contributed by atoms with Crippen molar-refractivity contribution < 1.29 is 9.53 Å². The van der Waals surface area contributed by atoms with Gasteiger partial charge in [0.05, 0.1) is 13.2 Å². The van der Waals surface area contributed by atoms with E-state index in [2.05, 4.69) is 20.4 Å². The Hall–Kier alpha value is -2.65. The predicted octanol–water partition coefficient (Wildman–Crippen LogP) is 1.71. The zero-order chi connectivity index (χ0) is 17.9. The summed E-state index contributed by atoms with van der Waals surface area (Å²) in [4.78, 5) is 20.5. The minimum absolute atomic E-state index is 0.0424. The third-order valence-electron chi connectivity index (χ3n) is 4.13. The van der Waals surface area contributed by atoms with Crippen LogP contribution in [-0.4, -0.2) is 55.8 Å². The van der Waals surface area contributed by atoms with Crippen LogP contribution in [-0.2, 0) is 16.1 Å². The van der Waals surface area contributed by atoms with Gasteiger partial charge in [-0.2, -0.15) is 4.80 Å². The number of thiazole rings is 1. The van der Waals surface area contributed by atoms with Crippen LogP contribution < -0.4 is 0 Å². The SMILES string of the molecule is Cc1csc(C2COCCN2C(=O)Cn2nnc(-c3ccccc3)n2)n1. The number of hydrogen-bond acceptors (Lipinski definition) is 7. The molecule has 0 spiro atoms. The van der Waals surface area contributed by atoms with Gasteiger partial charge in [-0.05, 0) is 12.1 Å². The lowest BCUT2D eigenvalue weighted by atomic mass is 10.2. The summed E-state index contributed by atoms with van der Waals surface area (Å²) in [7, 11) is 0. The molecule has 3 aromatic rings. The second kappa shape index (κ2) is 7.30. The van der Waals surface area contributed by atoms with Crippen LogP contribution in [0.3, 0.4) is 0 Å². The van der Waals surface area contributed by atoms with Crippen molar-refractivity contribution in [3.63, 3.8) is 0 Å². The van der Waals surface area contributed by atoms with Gasteiger partial charge in [-0.3, -0.25) is 4.79 Å². The quantitative estimate of drug-likeness (QED) is 0.695. The molecule has 1 aliphatic rings. The molecule has 1 fully saturated rings. The third kappa shape index (κ3) is 3.49. The first-order valence-electron chi connectivity index (χ1n) is 8.33. The predicted molar refractivity (Wildman–Crippen MR) is 95.4 cm³/mol. The second-order valence-corrected chi connectivity index (χ2v) is 6.90. The van der Waals surface area contributed by atoms with E-state index in [9.17, 15) is 4.79 Å². The smallest absolute Gasteiger partial charge is 0.247 e. The zero-order valence-corrected chi connectivity index (χ0v) is 15.1. The Bertz CT molecular complexity index is 894. The Balaban J connectivity index is 1.49. The molecular weight excluding hydrogens is 352 g/mol. The molecule has 4 rings (SSSR count). The van der Waals surface area contributed by atoms with Gasteiger partial charge in [0, 0.05) is 23.2 Å². The molecule has 8 nitrogen and oxygen atoms in total. The average Bonchev–Trinajstić information content (AvgIpc) is 3.31. The van der Waals surface area contributed by atoms with Crippen molar-refractivity contribution in [1.82, 2.24) is 30.1 Å². The van der Waals surface area contributed by atoms with E-state index in [0.717, 1.165) is 16.3 Å². The maximum atomic E-state index is 12.8. The summed E-state index contributed by atoms with van der Waals surface area (Å²) >= 11 is 1.55. The summed E-state index contributed by atoms with van der Waals surface area (Å²) in [6.45, 7) is 3.49. The fraction of sp³-hybridized carbons (Fsp3) is 0.353. The van der Waals surface area contributed by atoms with Crippen molar-refractivity contribution in [2.75, 3.05) is 19.8 Å². The van der Waals surface area contributed by atoms with Crippen LogP contribution in [0.5, 0.6) is 0 Å². The van der Waals surface area contributed by atoms with Crippen LogP contribution in [0.4, 0.5) is 0 Å². The number of benzene rings is 1. The van der Waals surface area contributed by atoms with Crippen molar-refractivity contribution in [3.05, 3.63) is 46.4 Å². The maximum Gasteiger partial charge on any atom is 0.247 e. The van der Waals surface area contributed by atoms with Gasteiger partial charge in [0.15, 0.2) is 0 Å². The summed E-state index contributed by atoms with van der Waals surface area (Å²) in [6.07, 6.45) is 0. The van der Waals surface area contributed by atoms with Gasteiger partial charge in [-0.25, -0.2) is 4.98 Å². The first-order valence-corrected chi connectivity index (χ1v) is 9.21. The minimum Gasteiger partial charge on any atom is -0.377 e. The summed E-state index contributed by atoms with van der Waals surface area (Å²) in [6, 6.07) is 9.41. The van der Waals surface area contributed by atoms with E-state index in [0.29, 0.717) is 25.6 Å². The van der Waals surface area contributed by atoms with Crippen molar-refractivity contribution >= 4 is 17.2 Å². The summed E-state index contributed by atoms with van der Waals surface area (Å²) in [5, 5.41) is 15.3. The molecule has 0 N–H and O–H groups in total. The van der Waals surface area contributed by atoms with E-state index in [1.807, 2.05) is 42.6 Å². The van der Waals surface area contributed by atoms with Gasteiger partial charge in [0.2, 0.25) is 11.7 Å². The fourth-order valence-corrected chi connectivity index (χ4v) is 3.75. The molecule has 1 aromatic carbocycles. The first kappa shape index (κ1) is 16.8. The van der Waals surface area contributed by atoms with Gasteiger partial charge >= 0.3 is 0 Å². The topological polar surface area (TPSA) is 86.0 Å². The van der Waals surface area contributed by atoms with Crippen LogP contribution in [0.15, 0.2) is 35.7 Å². The molecule has 1 unspecified atom stereocenters. The van der Waals surface area contributed by atoms with Crippen LogP contribution in [0.2, 0.25) is 0 Å². The van der Waals surface area contributed by atoms with Crippen molar-refractivity contribution in [1.29, 1.82) is 0 Å². The molecule has 0 saturated carbocycles. The summed E-state index contributed by atoms with van der Waals surface area (Å²) in [5.41, 5.74) is 1.82. The van der Waals surface area contributed by atoms with E-state index in [4.69, 9.17) is 4.74 Å². The summed E-state index contributed by atoms with van der Waals surface area (Å²) < 4.78 is 5.56. The Morgan fingerprint density at radius 1 is 1.35 bits per heavy atom. The van der Waals surface area contributed by atoms with E-state index < -0.39 is 0 Å². The van der Waals surface area contributed by atoms with Gasteiger partial charge in [-0.1, -0.05) is 30.3 Å². The molecular formula is C17H18N6O2S. The average molecular weight is 370 g/mol. The molecule has 9 heteroatoms. The lowest BCUT2D eigenvalue weighted by molar-refractivity contribution is -0.141. The molecule has 1 saturated heterocycles. The second-order valence-electron chi connectivity index (χ2n) is 6.01. The highest BCUT2D eigenvalue weighted by atomic mass is 32.1. The molecule has 3 heterocycles. The number of ether oxygens (including phenoxy) is 1. The van der Waals surface area contributed by atoms with E-state index in [-0.39, 0.29) is 18.5 Å². The number of rotatable bonds is 4. The van der Waals surface area contributed by atoms with E-state index in [1.165, 1.54) is 4.80 Å². The lowest BCUT2D eigenvalue weighted by Gasteiger charge is -2.34. The highest BCUT2D eigenvalue weighted by molar-refractivity contribution is 7.09. The van der Waals surface area contributed by atoms with Gasteiger partial charge in [0.1, 0.15) is 17.6 Å². The number of carbonyl (C=O) groups is 1. The Morgan fingerprint density at radius 3 is 2.96 bits per heavy atom. The zero-order valence-electron chi connectivity index (χ0n) is 14.3. The number of tetrazole rings is 1. The molecule has 134 valence electrons. The number of amides is 1.